The normalized spacial score (nSPS) is 15.8. The highest BCUT2D eigenvalue weighted by molar-refractivity contribution is 7.93. The molecule has 2 rings (SSSR count). The maximum absolute atomic E-state index is 11.9. The van der Waals surface area contributed by atoms with E-state index in [0.29, 0.717) is 23.7 Å². The third-order valence-corrected chi connectivity index (χ3v) is 6.24. The fourth-order valence-corrected chi connectivity index (χ4v) is 4.66. The Morgan fingerprint density at radius 2 is 2.10 bits per heavy atom. The van der Waals surface area contributed by atoms with Gasteiger partial charge in [0.1, 0.15) is 5.88 Å². The van der Waals surface area contributed by atoms with Crippen molar-refractivity contribution in [2.45, 2.75) is 44.4 Å². The highest BCUT2D eigenvalue weighted by atomic mass is 35.5. The molecule has 1 saturated carbocycles. The standard InChI is InChI=1S/C12H18ClN3O3S2/c1-7-10(12(2,3)15-9(17)6-13)14-11(20-7)16-21(18,19)8-4-5-8/h8H,4-6H2,1-3H3,(H,14,16)(H,15,17). The van der Waals surface area contributed by atoms with Crippen molar-refractivity contribution in [3.8, 4) is 0 Å². The maximum Gasteiger partial charge on any atom is 0.237 e. The van der Waals surface area contributed by atoms with E-state index < -0.39 is 15.6 Å². The second kappa shape index (κ2) is 5.73. The van der Waals surface area contributed by atoms with E-state index in [0.717, 1.165) is 4.88 Å². The first kappa shape index (κ1) is 16.5. The molecule has 1 aliphatic rings. The van der Waals surface area contributed by atoms with Gasteiger partial charge >= 0.3 is 0 Å². The van der Waals surface area contributed by atoms with Gasteiger partial charge in [-0.3, -0.25) is 9.52 Å². The Morgan fingerprint density at radius 3 is 2.62 bits per heavy atom. The predicted octanol–water partition coefficient (Wildman–Crippen LogP) is 1.95. The van der Waals surface area contributed by atoms with Crippen LogP contribution >= 0.6 is 22.9 Å². The molecule has 0 atom stereocenters. The Labute approximate surface area is 133 Å². The summed E-state index contributed by atoms with van der Waals surface area (Å²) < 4.78 is 26.4. The number of aryl methyl sites for hydroxylation is 1. The lowest BCUT2D eigenvalue weighted by molar-refractivity contribution is -0.120. The largest absolute Gasteiger partial charge is 0.345 e. The third kappa shape index (κ3) is 3.87. The first-order valence-corrected chi connectivity index (χ1v) is 9.42. The number of hydrogen-bond donors (Lipinski definition) is 2. The number of nitrogens with zero attached hydrogens (tertiary/aromatic N) is 1. The van der Waals surface area contributed by atoms with Crippen LogP contribution in [-0.2, 0) is 20.4 Å². The Balaban J connectivity index is 2.20. The number of rotatable bonds is 6. The van der Waals surface area contributed by atoms with Crippen LogP contribution in [0.3, 0.4) is 0 Å². The Hall–Kier alpha value is -0.860. The number of nitrogens with one attached hydrogen (secondary N) is 2. The van der Waals surface area contributed by atoms with Crippen LogP contribution in [0.15, 0.2) is 0 Å². The Morgan fingerprint density at radius 1 is 1.48 bits per heavy atom. The molecule has 0 aliphatic heterocycles. The maximum atomic E-state index is 11.9. The van der Waals surface area contributed by atoms with E-state index in [9.17, 15) is 13.2 Å². The number of sulfonamides is 1. The molecular formula is C12H18ClN3O3S2. The number of anilines is 1. The van der Waals surface area contributed by atoms with Gasteiger partial charge in [-0.1, -0.05) is 0 Å². The van der Waals surface area contributed by atoms with Crippen molar-refractivity contribution in [3.63, 3.8) is 0 Å². The smallest absolute Gasteiger partial charge is 0.237 e. The van der Waals surface area contributed by atoms with E-state index in [1.807, 2.05) is 6.92 Å². The van der Waals surface area contributed by atoms with Crippen LogP contribution in [0, 0.1) is 6.92 Å². The van der Waals surface area contributed by atoms with Crippen molar-refractivity contribution in [3.05, 3.63) is 10.6 Å². The lowest BCUT2D eigenvalue weighted by Gasteiger charge is -2.24. The van der Waals surface area contributed by atoms with E-state index in [1.54, 1.807) is 13.8 Å². The molecule has 0 unspecified atom stereocenters. The highest BCUT2D eigenvalue weighted by Crippen LogP contribution is 2.34. The lowest BCUT2D eigenvalue weighted by Crippen LogP contribution is -2.42. The van der Waals surface area contributed by atoms with E-state index in [1.165, 1.54) is 11.3 Å². The second-order valence-electron chi connectivity index (χ2n) is 5.58. The van der Waals surface area contributed by atoms with Crippen LogP contribution < -0.4 is 10.0 Å². The highest BCUT2D eigenvalue weighted by Gasteiger charge is 2.37. The van der Waals surface area contributed by atoms with Gasteiger partial charge in [0.2, 0.25) is 15.9 Å². The van der Waals surface area contributed by atoms with Gasteiger partial charge in [0.05, 0.1) is 16.5 Å². The molecular weight excluding hydrogens is 334 g/mol. The minimum atomic E-state index is -3.33. The first-order chi connectivity index (χ1) is 9.65. The summed E-state index contributed by atoms with van der Waals surface area (Å²) in [6, 6.07) is 0. The van der Waals surface area contributed by atoms with Gasteiger partial charge in [-0.05, 0) is 33.6 Å². The molecule has 0 radical (unpaired) electrons. The third-order valence-electron chi connectivity index (χ3n) is 3.15. The van der Waals surface area contributed by atoms with Gasteiger partial charge in [0.15, 0.2) is 5.13 Å². The number of thiazole rings is 1. The summed E-state index contributed by atoms with van der Waals surface area (Å²) in [4.78, 5) is 16.7. The monoisotopic (exact) mass is 351 g/mol. The lowest BCUT2D eigenvalue weighted by atomic mass is 10.00. The van der Waals surface area contributed by atoms with E-state index >= 15 is 0 Å². The van der Waals surface area contributed by atoms with E-state index in [2.05, 4.69) is 15.0 Å². The summed E-state index contributed by atoms with van der Waals surface area (Å²) in [7, 11) is -3.33. The molecule has 2 N–H and O–H groups in total. The van der Waals surface area contributed by atoms with Gasteiger partial charge in [-0.25, -0.2) is 13.4 Å². The number of aromatic nitrogens is 1. The zero-order valence-corrected chi connectivity index (χ0v) is 14.5. The molecule has 1 fully saturated rings. The molecule has 118 valence electrons. The molecule has 0 aromatic carbocycles. The van der Waals surface area contributed by atoms with Crippen molar-refractivity contribution in [1.29, 1.82) is 0 Å². The topological polar surface area (TPSA) is 88.2 Å². The van der Waals surface area contributed by atoms with Crippen LogP contribution in [0.1, 0.15) is 37.3 Å². The van der Waals surface area contributed by atoms with Crippen LogP contribution in [0.2, 0.25) is 0 Å². The molecule has 1 aliphatic carbocycles. The quantitative estimate of drug-likeness (QED) is 0.767. The number of hydrogen-bond acceptors (Lipinski definition) is 5. The molecule has 0 bridgehead atoms. The SMILES string of the molecule is Cc1sc(NS(=O)(=O)C2CC2)nc1C(C)(C)NC(=O)CCl. The van der Waals surface area contributed by atoms with Gasteiger partial charge in [0, 0.05) is 4.88 Å². The number of amides is 1. The van der Waals surface area contributed by atoms with E-state index in [4.69, 9.17) is 11.6 Å². The average Bonchev–Trinajstić information content (AvgIpc) is 3.14. The molecule has 0 spiro atoms. The summed E-state index contributed by atoms with van der Waals surface area (Å²) >= 11 is 6.76. The molecule has 1 heterocycles. The molecule has 21 heavy (non-hydrogen) atoms. The van der Waals surface area contributed by atoms with Crippen molar-refractivity contribution in [2.75, 3.05) is 10.6 Å². The Kier molecular flexibility index (Phi) is 4.51. The van der Waals surface area contributed by atoms with Crippen molar-refractivity contribution in [2.24, 2.45) is 0 Å². The van der Waals surface area contributed by atoms with Crippen molar-refractivity contribution < 1.29 is 13.2 Å². The molecule has 9 heteroatoms. The molecule has 0 saturated heterocycles. The fourth-order valence-electron chi connectivity index (χ4n) is 2.04. The van der Waals surface area contributed by atoms with Crippen molar-refractivity contribution in [1.82, 2.24) is 10.3 Å². The van der Waals surface area contributed by atoms with Gasteiger partial charge in [-0.2, -0.15) is 0 Å². The zero-order valence-electron chi connectivity index (χ0n) is 12.1. The second-order valence-corrected chi connectivity index (χ2v) is 9.01. The van der Waals surface area contributed by atoms with Gasteiger partial charge in [-0.15, -0.1) is 22.9 Å². The predicted molar refractivity (Wildman–Crippen MR) is 84.3 cm³/mol. The molecule has 1 aromatic heterocycles. The molecule has 1 amide bonds. The van der Waals surface area contributed by atoms with Gasteiger partial charge < -0.3 is 5.32 Å². The number of carbonyl (C=O) groups is 1. The van der Waals surface area contributed by atoms with Crippen molar-refractivity contribution >= 4 is 44.0 Å². The minimum Gasteiger partial charge on any atom is -0.345 e. The fraction of sp³-hybridized carbons (Fsp3) is 0.667. The summed E-state index contributed by atoms with van der Waals surface area (Å²) in [6.07, 6.45) is 1.40. The van der Waals surface area contributed by atoms with E-state index in [-0.39, 0.29) is 17.0 Å². The summed E-state index contributed by atoms with van der Waals surface area (Å²) in [5.74, 6) is -0.428. The molecule has 1 aromatic rings. The summed E-state index contributed by atoms with van der Waals surface area (Å²) in [5, 5.41) is 2.81. The number of alkyl halides is 1. The number of halogens is 1. The summed E-state index contributed by atoms with van der Waals surface area (Å²) in [5.41, 5.74) is -0.0741. The summed E-state index contributed by atoms with van der Waals surface area (Å²) in [6.45, 7) is 5.45. The van der Waals surface area contributed by atoms with Crippen LogP contribution in [0.25, 0.3) is 0 Å². The number of carbonyl (C=O) groups excluding carboxylic acids is 1. The average molecular weight is 352 g/mol. The van der Waals surface area contributed by atoms with Gasteiger partial charge in [0.25, 0.3) is 0 Å². The zero-order chi connectivity index (χ0) is 15.8. The first-order valence-electron chi connectivity index (χ1n) is 6.52. The van der Waals surface area contributed by atoms with Crippen LogP contribution in [-0.4, -0.2) is 30.4 Å². The van der Waals surface area contributed by atoms with Crippen LogP contribution in [0.4, 0.5) is 5.13 Å². The molecule has 6 nitrogen and oxygen atoms in total. The minimum absolute atomic E-state index is 0.131. The Bertz CT molecular complexity index is 651. The van der Waals surface area contributed by atoms with Crippen LogP contribution in [0.5, 0.6) is 0 Å².